The van der Waals surface area contributed by atoms with Gasteiger partial charge in [0.15, 0.2) is 5.69 Å². The van der Waals surface area contributed by atoms with Gasteiger partial charge in [-0.1, -0.05) is 26.0 Å². The van der Waals surface area contributed by atoms with E-state index in [4.69, 9.17) is 11.5 Å². The average Bonchev–Trinajstić information content (AvgIpc) is 3.42. The van der Waals surface area contributed by atoms with Crippen LogP contribution in [0.1, 0.15) is 59.0 Å². The summed E-state index contributed by atoms with van der Waals surface area (Å²) >= 11 is 0. The number of hydrogen-bond donors (Lipinski definition) is 3. The van der Waals surface area contributed by atoms with E-state index in [2.05, 4.69) is 24.3 Å². The smallest absolute Gasteiger partial charge is 0.274 e. The van der Waals surface area contributed by atoms with Crippen LogP contribution in [0.3, 0.4) is 0 Å². The Balaban J connectivity index is 1.51. The van der Waals surface area contributed by atoms with Crippen molar-refractivity contribution in [2.75, 3.05) is 25.4 Å². The highest BCUT2D eigenvalue weighted by Crippen LogP contribution is 2.24. The van der Waals surface area contributed by atoms with E-state index >= 15 is 0 Å². The summed E-state index contributed by atoms with van der Waals surface area (Å²) in [5.41, 5.74) is 15.1. The number of nitrogens with one attached hydrogen (secondary N) is 1. The van der Waals surface area contributed by atoms with Crippen molar-refractivity contribution < 1.29 is 9.59 Å². The first-order valence-corrected chi connectivity index (χ1v) is 11.5. The normalized spacial score (nSPS) is 17.0. The molecule has 2 atom stereocenters. The number of benzene rings is 1. The fraction of sp³-hybridized carbons (Fsp3) is 0.400. The molecule has 8 heteroatoms. The van der Waals surface area contributed by atoms with Crippen LogP contribution in [0.4, 0.5) is 5.69 Å². The van der Waals surface area contributed by atoms with Gasteiger partial charge in [-0.05, 0) is 54.7 Å². The number of nitrogens with zero attached hydrogens (tertiary/aromatic N) is 3. The van der Waals surface area contributed by atoms with E-state index in [1.165, 1.54) is 0 Å². The molecule has 33 heavy (non-hydrogen) atoms. The maximum Gasteiger partial charge on any atom is 0.274 e. The van der Waals surface area contributed by atoms with Crippen LogP contribution in [-0.4, -0.2) is 52.0 Å². The SMILES string of the molecule is CC(C)CC(CNC(=O)c1cccn2nc(C(=O)N3CC[C@@H](N)C3)cc12)c1ccc(N)cc1. The van der Waals surface area contributed by atoms with Crippen LogP contribution in [-0.2, 0) is 0 Å². The zero-order chi connectivity index (χ0) is 23.5. The molecule has 1 aromatic carbocycles. The molecule has 2 aromatic heterocycles. The lowest BCUT2D eigenvalue weighted by atomic mass is 9.90. The van der Waals surface area contributed by atoms with Crippen LogP contribution < -0.4 is 16.8 Å². The third-order valence-corrected chi connectivity index (χ3v) is 6.15. The van der Waals surface area contributed by atoms with Crippen LogP contribution >= 0.6 is 0 Å². The van der Waals surface area contributed by atoms with Crippen molar-refractivity contribution >= 4 is 23.0 Å². The maximum absolute atomic E-state index is 13.1. The summed E-state index contributed by atoms with van der Waals surface area (Å²) < 4.78 is 1.59. The summed E-state index contributed by atoms with van der Waals surface area (Å²) in [6.07, 6.45) is 3.48. The van der Waals surface area contributed by atoms with E-state index in [0.29, 0.717) is 42.3 Å². The lowest BCUT2D eigenvalue weighted by molar-refractivity contribution is 0.0784. The third kappa shape index (κ3) is 5.17. The van der Waals surface area contributed by atoms with Gasteiger partial charge in [-0.2, -0.15) is 5.10 Å². The number of hydrogen-bond acceptors (Lipinski definition) is 5. The number of aromatic nitrogens is 2. The van der Waals surface area contributed by atoms with Crippen LogP contribution in [0.5, 0.6) is 0 Å². The van der Waals surface area contributed by atoms with Crippen molar-refractivity contribution in [3.63, 3.8) is 0 Å². The lowest BCUT2D eigenvalue weighted by Gasteiger charge is -2.20. The minimum atomic E-state index is -0.188. The molecule has 2 amide bonds. The zero-order valence-corrected chi connectivity index (χ0v) is 19.2. The predicted molar refractivity (Wildman–Crippen MR) is 129 cm³/mol. The van der Waals surface area contributed by atoms with Gasteiger partial charge in [0.05, 0.1) is 11.1 Å². The van der Waals surface area contributed by atoms with Crippen LogP contribution in [0.15, 0.2) is 48.7 Å². The number of fused-ring (bicyclic) bond motifs is 1. The summed E-state index contributed by atoms with van der Waals surface area (Å²) in [6, 6.07) is 13.0. The second-order valence-electron chi connectivity index (χ2n) is 9.28. The largest absolute Gasteiger partial charge is 0.399 e. The molecular weight excluding hydrogens is 416 g/mol. The van der Waals surface area contributed by atoms with Gasteiger partial charge < -0.3 is 21.7 Å². The lowest BCUT2D eigenvalue weighted by Crippen LogP contribution is -2.32. The number of amides is 2. The molecule has 0 bridgehead atoms. The van der Waals surface area contributed by atoms with Gasteiger partial charge in [0, 0.05) is 43.5 Å². The molecule has 5 N–H and O–H groups in total. The van der Waals surface area contributed by atoms with Crippen molar-refractivity contribution in [1.82, 2.24) is 19.8 Å². The number of carbonyl (C=O) groups excluding carboxylic acids is 2. The molecule has 3 aromatic rings. The highest BCUT2D eigenvalue weighted by molar-refractivity contribution is 6.02. The summed E-state index contributed by atoms with van der Waals surface area (Å²) in [4.78, 5) is 27.7. The van der Waals surface area contributed by atoms with E-state index < -0.39 is 0 Å². The fourth-order valence-corrected chi connectivity index (χ4v) is 4.43. The Labute approximate surface area is 193 Å². The molecule has 1 unspecified atom stereocenters. The van der Waals surface area contributed by atoms with Gasteiger partial charge in [-0.15, -0.1) is 0 Å². The van der Waals surface area contributed by atoms with Gasteiger partial charge in [-0.3, -0.25) is 9.59 Å². The predicted octanol–water partition coefficient (Wildman–Crippen LogP) is 2.65. The molecule has 1 aliphatic heterocycles. The van der Waals surface area contributed by atoms with Gasteiger partial charge in [-0.25, -0.2) is 4.52 Å². The molecule has 1 saturated heterocycles. The minimum absolute atomic E-state index is 0.00663. The zero-order valence-electron chi connectivity index (χ0n) is 19.2. The Hall–Kier alpha value is -3.39. The maximum atomic E-state index is 13.1. The number of nitrogen functional groups attached to an aromatic ring is 1. The molecule has 4 rings (SSSR count). The summed E-state index contributed by atoms with van der Waals surface area (Å²) in [5, 5.41) is 7.49. The van der Waals surface area contributed by atoms with Crippen LogP contribution in [0, 0.1) is 5.92 Å². The van der Waals surface area contributed by atoms with Crippen molar-refractivity contribution in [3.05, 3.63) is 65.5 Å². The summed E-state index contributed by atoms with van der Waals surface area (Å²) in [7, 11) is 0. The number of likely N-dealkylation sites (tertiary alicyclic amines) is 1. The monoisotopic (exact) mass is 448 g/mol. The summed E-state index contributed by atoms with van der Waals surface area (Å²) in [5.74, 6) is 0.316. The quantitative estimate of drug-likeness (QED) is 0.480. The summed E-state index contributed by atoms with van der Waals surface area (Å²) in [6.45, 7) is 6.01. The first-order chi connectivity index (χ1) is 15.8. The molecule has 0 radical (unpaired) electrons. The Morgan fingerprint density at radius 3 is 2.64 bits per heavy atom. The first-order valence-electron chi connectivity index (χ1n) is 11.5. The molecular formula is C25H32N6O2. The third-order valence-electron chi connectivity index (χ3n) is 6.15. The topological polar surface area (TPSA) is 119 Å². The van der Waals surface area contributed by atoms with E-state index in [9.17, 15) is 9.59 Å². The van der Waals surface area contributed by atoms with Crippen molar-refractivity contribution in [2.45, 2.75) is 38.6 Å². The van der Waals surface area contributed by atoms with Crippen LogP contribution in [0.25, 0.3) is 5.52 Å². The molecule has 1 fully saturated rings. The second kappa shape index (κ2) is 9.62. The van der Waals surface area contributed by atoms with Gasteiger partial charge in [0.2, 0.25) is 0 Å². The highest BCUT2D eigenvalue weighted by Gasteiger charge is 2.27. The van der Waals surface area contributed by atoms with Gasteiger partial charge >= 0.3 is 0 Å². The molecule has 8 nitrogen and oxygen atoms in total. The van der Waals surface area contributed by atoms with Crippen molar-refractivity contribution in [3.8, 4) is 0 Å². The molecule has 0 aliphatic carbocycles. The fourth-order valence-electron chi connectivity index (χ4n) is 4.43. The second-order valence-corrected chi connectivity index (χ2v) is 9.28. The number of rotatable bonds is 7. The van der Waals surface area contributed by atoms with E-state index in [1.54, 1.807) is 33.8 Å². The number of nitrogens with two attached hydrogens (primary N) is 2. The molecule has 0 saturated carbocycles. The Bertz CT molecular complexity index is 1140. The van der Waals surface area contributed by atoms with Crippen LogP contribution in [0.2, 0.25) is 0 Å². The van der Waals surface area contributed by atoms with E-state index in [-0.39, 0.29) is 23.8 Å². The highest BCUT2D eigenvalue weighted by atomic mass is 16.2. The first kappa shape index (κ1) is 22.8. The molecule has 3 heterocycles. The van der Waals surface area contributed by atoms with Gasteiger partial charge in [0.1, 0.15) is 0 Å². The minimum Gasteiger partial charge on any atom is -0.399 e. The number of pyridine rings is 1. The van der Waals surface area contributed by atoms with Crippen molar-refractivity contribution in [2.24, 2.45) is 11.7 Å². The molecule has 1 aliphatic rings. The molecule has 0 spiro atoms. The molecule has 174 valence electrons. The van der Waals surface area contributed by atoms with Gasteiger partial charge in [0.25, 0.3) is 11.8 Å². The van der Waals surface area contributed by atoms with E-state index in [0.717, 1.165) is 24.1 Å². The number of anilines is 1. The van der Waals surface area contributed by atoms with E-state index in [1.807, 2.05) is 24.3 Å². The van der Waals surface area contributed by atoms with Crippen molar-refractivity contribution in [1.29, 1.82) is 0 Å². The standard InChI is InChI=1S/C25H32N6O2/c1-16(2)12-18(17-5-7-19(26)8-6-17)14-28-24(32)21-4-3-10-31-23(21)13-22(29-31)25(33)30-11-9-20(27)15-30/h3-8,10,13,16,18,20H,9,11-12,14-15,26-27H2,1-2H3,(H,28,32)/t18?,20-/m1/s1. The number of carbonyl (C=O) groups is 2. The Morgan fingerprint density at radius 2 is 1.97 bits per heavy atom. The Kier molecular flexibility index (Phi) is 6.65. The average molecular weight is 449 g/mol. The Morgan fingerprint density at radius 1 is 1.21 bits per heavy atom.